The molecule has 1 saturated heterocycles. The molecule has 3 nitrogen and oxygen atoms in total. The summed E-state index contributed by atoms with van der Waals surface area (Å²) in [5.41, 5.74) is 0. The zero-order valence-electron chi connectivity index (χ0n) is 4.59. The number of rotatable bonds is 1. The van der Waals surface area contributed by atoms with Crippen molar-refractivity contribution in [2.24, 2.45) is 0 Å². The van der Waals surface area contributed by atoms with E-state index in [0.29, 0.717) is 6.61 Å². The van der Waals surface area contributed by atoms with Gasteiger partial charge in [-0.1, -0.05) is 6.82 Å². The van der Waals surface area contributed by atoms with Crippen LogP contribution in [0.2, 0.25) is 6.82 Å². The van der Waals surface area contributed by atoms with Crippen LogP contribution in [0.25, 0.3) is 0 Å². The second-order valence-corrected chi connectivity index (χ2v) is 1.55. The minimum absolute atomic E-state index is 0.123. The van der Waals surface area contributed by atoms with E-state index in [-0.39, 0.29) is 6.00 Å². The Kier molecular flexibility index (Phi) is 1.42. The van der Waals surface area contributed by atoms with Crippen molar-refractivity contribution in [1.29, 1.82) is 0 Å². The molecule has 1 rings (SSSR count). The molecule has 0 aromatic rings. The highest BCUT2D eigenvalue weighted by atomic mass is 16.8. The predicted molar refractivity (Wildman–Crippen MR) is 27.8 cm³/mol. The van der Waals surface area contributed by atoms with Gasteiger partial charge in [0.1, 0.15) is 12.6 Å². The van der Waals surface area contributed by atoms with Crippen LogP contribution < -0.4 is 0 Å². The van der Waals surface area contributed by atoms with E-state index in [0.717, 1.165) is 0 Å². The topological polar surface area (TPSA) is 35.5 Å². The van der Waals surface area contributed by atoms with Crippen LogP contribution in [0.3, 0.4) is 0 Å². The van der Waals surface area contributed by atoms with Crippen LogP contribution in [-0.2, 0) is 9.47 Å². The summed E-state index contributed by atoms with van der Waals surface area (Å²) >= 11 is 0. The zero-order chi connectivity index (χ0) is 5.98. The molecule has 0 aromatic heterocycles. The van der Waals surface area contributed by atoms with Gasteiger partial charge in [0, 0.05) is 0 Å². The van der Waals surface area contributed by atoms with Crippen molar-refractivity contribution in [2.45, 2.75) is 12.8 Å². The van der Waals surface area contributed by atoms with Gasteiger partial charge in [0.15, 0.2) is 7.28 Å². The van der Waals surface area contributed by atoms with Crippen molar-refractivity contribution < 1.29 is 14.3 Å². The van der Waals surface area contributed by atoms with E-state index in [2.05, 4.69) is 9.47 Å². The van der Waals surface area contributed by atoms with E-state index < -0.39 is 6.16 Å². The highest BCUT2D eigenvalue weighted by Crippen LogP contribution is 2.03. The maximum atomic E-state index is 10.1. The highest BCUT2D eigenvalue weighted by Gasteiger charge is 2.22. The Bertz CT molecular complexity index is 103. The lowest BCUT2D eigenvalue weighted by Gasteiger charge is -1.96. The van der Waals surface area contributed by atoms with E-state index in [1.807, 2.05) is 6.82 Å². The molecule has 4 heteroatoms. The number of carbonyl (C=O) groups is 1. The normalized spacial score (nSPS) is 26.6. The van der Waals surface area contributed by atoms with Gasteiger partial charge in [0.25, 0.3) is 0 Å². The quantitative estimate of drug-likeness (QED) is 0.360. The summed E-state index contributed by atoms with van der Waals surface area (Å²) in [6, 6.07) is -0.123. The molecule has 1 atom stereocenters. The van der Waals surface area contributed by atoms with Gasteiger partial charge in [-0.2, -0.15) is 0 Å². The number of ether oxygens (including phenoxy) is 2. The maximum absolute atomic E-state index is 10.1. The monoisotopic (exact) mass is 113 g/mol. The lowest BCUT2D eigenvalue weighted by atomic mass is 9.75. The molecule has 1 heterocycles. The highest BCUT2D eigenvalue weighted by molar-refractivity contribution is 6.35. The molecule has 0 saturated carbocycles. The molecule has 0 bridgehead atoms. The van der Waals surface area contributed by atoms with E-state index >= 15 is 0 Å². The Morgan fingerprint density at radius 1 is 1.88 bits per heavy atom. The van der Waals surface area contributed by atoms with E-state index in [4.69, 9.17) is 0 Å². The number of hydrogen-bond donors (Lipinski definition) is 0. The van der Waals surface area contributed by atoms with E-state index in [1.165, 1.54) is 0 Å². The van der Waals surface area contributed by atoms with Gasteiger partial charge < -0.3 is 9.47 Å². The van der Waals surface area contributed by atoms with Crippen molar-refractivity contribution in [3.63, 3.8) is 0 Å². The largest absolute Gasteiger partial charge is 0.507 e. The Morgan fingerprint density at radius 3 is 2.88 bits per heavy atom. The SMILES string of the molecule is C[B]C1COC(=O)O1. The molecule has 1 aliphatic rings. The first kappa shape index (κ1) is 5.47. The summed E-state index contributed by atoms with van der Waals surface area (Å²) in [4.78, 5) is 10.1. The van der Waals surface area contributed by atoms with Crippen LogP contribution in [0, 0.1) is 0 Å². The molecule has 1 unspecified atom stereocenters. The van der Waals surface area contributed by atoms with Crippen LogP contribution in [0.1, 0.15) is 0 Å². The Balaban J connectivity index is 2.32. The Morgan fingerprint density at radius 2 is 2.62 bits per heavy atom. The van der Waals surface area contributed by atoms with Crippen LogP contribution in [0.4, 0.5) is 4.79 Å². The third-order valence-corrected chi connectivity index (χ3v) is 0.985. The molecular weight excluding hydrogens is 107 g/mol. The van der Waals surface area contributed by atoms with Gasteiger partial charge in [0.05, 0.1) is 0 Å². The second kappa shape index (κ2) is 2.07. The second-order valence-electron chi connectivity index (χ2n) is 1.55. The summed E-state index contributed by atoms with van der Waals surface area (Å²) < 4.78 is 9.06. The molecule has 1 fully saturated rings. The van der Waals surface area contributed by atoms with E-state index in [9.17, 15) is 4.79 Å². The molecule has 0 amide bonds. The number of hydrogen-bond acceptors (Lipinski definition) is 3. The molecule has 0 spiro atoms. The van der Waals surface area contributed by atoms with Crippen molar-refractivity contribution in [2.75, 3.05) is 6.61 Å². The summed E-state index contributed by atoms with van der Waals surface area (Å²) in [7, 11) is 1.78. The molecule has 43 valence electrons. The van der Waals surface area contributed by atoms with Crippen LogP contribution in [0.15, 0.2) is 0 Å². The summed E-state index contributed by atoms with van der Waals surface area (Å²) in [6.07, 6.45) is -0.562. The summed E-state index contributed by atoms with van der Waals surface area (Å²) in [6.45, 7) is 2.20. The van der Waals surface area contributed by atoms with Gasteiger partial charge in [-0.3, -0.25) is 0 Å². The first-order valence-electron chi connectivity index (χ1n) is 2.46. The van der Waals surface area contributed by atoms with Crippen LogP contribution >= 0.6 is 0 Å². The molecular formula is C4H6BO3. The maximum Gasteiger partial charge on any atom is 0.507 e. The van der Waals surface area contributed by atoms with Gasteiger partial charge >= 0.3 is 6.16 Å². The Hall–Kier alpha value is -0.665. The fourth-order valence-electron chi connectivity index (χ4n) is 0.506. The smallest absolute Gasteiger partial charge is 0.437 e. The van der Waals surface area contributed by atoms with Gasteiger partial charge in [-0.25, -0.2) is 4.79 Å². The molecule has 8 heavy (non-hydrogen) atoms. The molecule has 0 aromatic carbocycles. The summed E-state index contributed by atoms with van der Waals surface area (Å²) in [5, 5.41) is 0. The first-order chi connectivity index (χ1) is 3.83. The fraction of sp³-hybridized carbons (Fsp3) is 0.750. The average Bonchev–Trinajstić information content (AvgIpc) is 2.14. The average molecular weight is 113 g/mol. The van der Waals surface area contributed by atoms with Gasteiger partial charge in [-0.05, 0) is 0 Å². The van der Waals surface area contributed by atoms with E-state index in [1.54, 1.807) is 7.28 Å². The lowest BCUT2D eigenvalue weighted by Crippen LogP contribution is -2.15. The summed E-state index contributed by atoms with van der Waals surface area (Å²) in [5.74, 6) is 0. The molecule has 1 radical (unpaired) electrons. The first-order valence-corrected chi connectivity index (χ1v) is 2.46. The van der Waals surface area contributed by atoms with Crippen molar-refractivity contribution in [3.05, 3.63) is 0 Å². The molecule has 1 aliphatic heterocycles. The minimum atomic E-state index is -0.562. The van der Waals surface area contributed by atoms with Crippen molar-refractivity contribution >= 4 is 13.4 Å². The third-order valence-electron chi connectivity index (χ3n) is 0.985. The Labute approximate surface area is 48.2 Å². The van der Waals surface area contributed by atoms with Crippen LogP contribution in [0.5, 0.6) is 0 Å². The minimum Gasteiger partial charge on any atom is -0.437 e. The molecule has 0 N–H and O–H groups in total. The van der Waals surface area contributed by atoms with Crippen molar-refractivity contribution in [1.82, 2.24) is 0 Å². The lowest BCUT2D eigenvalue weighted by molar-refractivity contribution is 0.128. The zero-order valence-corrected chi connectivity index (χ0v) is 4.59. The number of carbonyl (C=O) groups excluding carboxylic acids is 1. The van der Waals surface area contributed by atoms with Gasteiger partial charge in [-0.15, -0.1) is 0 Å². The van der Waals surface area contributed by atoms with Crippen LogP contribution in [-0.4, -0.2) is 26.0 Å². The molecule has 0 aliphatic carbocycles. The number of cyclic esters (lactones) is 2. The standard InChI is InChI=1S/C4H6BO3/c1-5-3-2-7-4(6)8-3/h3H,2H2,1H3. The van der Waals surface area contributed by atoms with Gasteiger partial charge in [0.2, 0.25) is 0 Å². The fourth-order valence-corrected chi connectivity index (χ4v) is 0.506. The third kappa shape index (κ3) is 0.939. The van der Waals surface area contributed by atoms with Crippen molar-refractivity contribution in [3.8, 4) is 0 Å². The predicted octanol–water partition coefficient (Wildman–Crippen LogP) is 0.232.